The molecule has 0 saturated carbocycles. The lowest BCUT2D eigenvalue weighted by Crippen LogP contribution is -2.47. The first-order valence-electron chi connectivity index (χ1n) is 8.80. The minimum absolute atomic E-state index is 0.189. The minimum atomic E-state index is -3.57. The predicted octanol–water partition coefficient (Wildman–Crippen LogP) is 0.267. The fourth-order valence-electron chi connectivity index (χ4n) is 2.71. The topological polar surface area (TPSA) is 113 Å². The third-order valence-electron chi connectivity index (χ3n) is 4.36. The quantitative estimate of drug-likeness (QED) is 0.629. The molecule has 0 radical (unpaired) electrons. The number of aryl methyl sites for hydroxylation is 1. The van der Waals surface area contributed by atoms with Crippen molar-refractivity contribution in [3.05, 3.63) is 24.3 Å². The Hall–Kier alpha value is -2.02. The van der Waals surface area contributed by atoms with Crippen molar-refractivity contribution in [3.8, 4) is 0 Å². The highest BCUT2D eigenvalue weighted by Gasteiger charge is 2.27. The summed E-state index contributed by atoms with van der Waals surface area (Å²) in [5.41, 5.74) is 0.463. The first-order valence-corrected chi connectivity index (χ1v) is 11.2. The number of rotatable bonds is 7. The maximum Gasteiger partial charge on any atom is 0.243 e. The highest BCUT2D eigenvalue weighted by molar-refractivity contribution is 7.99. The zero-order chi connectivity index (χ0) is 20.1. The molecule has 1 aromatic carbocycles. The van der Waals surface area contributed by atoms with Crippen molar-refractivity contribution in [1.82, 2.24) is 29.4 Å². The molecule has 152 valence electrons. The Bertz CT molecular complexity index is 924. The van der Waals surface area contributed by atoms with Gasteiger partial charge in [-0.2, -0.15) is 4.31 Å². The fourth-order valence-corrected chi connectivity index (χ4v) is 4.97. The fraction of sp³-hybridized carbons (Fsp3) is 0.500. The molecule has 2 heterocycles. The van der Waals surface area contributed by atoms with E-state index in [1.807, 2.05) is 7.05 Å². The van der Waals surface area contributed by atoms with Gasteiger partial charge in [-0.15, -0.1) is 5.10 Å². The van der Waals surface area contributed by atoms with Gasteiger partial charge in [0.05, 0.1) is 4.90 Å². The number of hydrogen-bond donors (Lipinski definition) is 1. The minimum Gasteiger partial charge on any atom is -0.326 e. The number of anilines is 1. The van der Waals surface area contributed by atoms with E-state index in [9.17, 15) is 13.2 Å². The molecule has 1 aliphatic heterocycles. The van der Waals surface area contributed by atoms with Crippen LogP contribution in [-0.4, -0.2) is 82.7 Å². The number of likely N-dealkylation sites (N-methyl/N-ethyl adjacent to an activating group) is 1. The van der Waals surface area contributed by atoms with Crippen molar-refractivity contribution < 1.29 is 13.2 Å². The number of benzene rings is 1. The van der Waals surface area contributed by atoms with Crippen molar-refractivity contribution in [1.29, 1.82) is 0 Å². The van der Waals surface area contributed by atoms with Gasteiger partial charge in [0, 0.05) is 51.1 Å². The third kappa shape index (κ3) is 5.07. The van der Waals surface area contributed by atoms with Crippen LogP contribution in [0.5, 0.6) is 0 Å². The lowest BCUT2D eigenvalue weighted by molar-refractivity contribution is -0.115. The van der Waals surface area contributed by atoms with Crippen LogP contribution in [0, 0.1) is 0 Å². The molecule has 28 heavy (non-hydrogen) atoms. The summed E-state index contributed by atoms with van der Waals surface area (Å²) >= 11 is 1.38. The standard InChI is InChI=1S/C16H23N7O3S2/c1-21-7-9-23(10-8-21)28(25,26)14-5-3-4-13(12-14)17-15(24)6-11-27-16-18-19-20-22(16)2/h3-5,12H,6-11H2,1-2H3,(H,17,24). The van der Waals surface area contributed by atoms with Crippen LogP contribution in [0.15, 0.2) is 34.3 Å². The largest absolute Gasteiger partial charge is 0.326 e. The summed E-state index contributed by atoms with van der Waals surface area (Å²) < 4.78 is 28.7. The zero-order valence-corrected chi connectivity index (χ0v) is 17.4. The van der Waals surface area contributed by atoms with E-state index in [1.165, 1.54) is 26.8 Å². The molecule has 1 N–H and O–H groups in total. The molecule has 0 bridgehead atoms. The Morgan fingerprint density at radius 3 is 2.64 bits per heavy atom. The summed E-state index contributed by atoms with van der Waals surface area (Å²) in [6.45, 7) is 2.33. The maximum absolute atomic E-state index is 12.8. The molecule has 0 unspecified atom stereocenters. The van der Waals surface area contributed by atoms with Gasteiger partial charge in [0.2, 0.25) is 21.1 Å². The van der Waals surface area contributed by atoms with Crippen molar-refractivity contribution in [3.63, 3.8) is 0 Å². The van der Waals surface area contributed by atoms with Crippen LogP contribution in [-0.2, 0) is 21.9 Å². The number of hydrogen-bond acceptors (Lipinski definition) is 8. The highest BCUT2D eigenvalue weighted by Crippen LogP contribution is 2.21. The molecule has 1 aromatic heterocycles. The average Bonchev–Trinajstić information content (AvgIpc) is 3.07. The van der Waals surface area contributed by atoms with Gasteiger partial charge in [-0.3, -0.25) is 4.79 Å². The van der Waals surface area contributed by atoms with Gasteiger partial charge >= 0.3 is 0 Å². The van der Waals surface area contributed by atoms with Gasteiger partial charge in [0.25, 0.3) is 0 Å². The Labute approximate surface area is 168 Å². The number of tetrazole rings is 1. The van der Waals surface area contributed by atoms with Crippen LogP contribution in [0.4, 0.5) is 5.69 Å². The van der Waals surface area contributed by atoms with E-state index in [2.05, 4.69) is 25.7 Å². The summed E-state index contributed by atoms with van der Waals surface area (Å²) in [5, 5.41) is 14.5. The van der Waals surface area contributed by atoms with Crippen LogP contribution in [0.2, 0.25) is 0 Å². The summed E-state index contributed by atoms with van der Waals surface area (Å²) in [7, 11) is 0.134. The smallest absolute Gasteiger partial charge is 0.243 e. The monoisotopic (exact) mass is 425 g/mol. The third-order valence-corrected chi connectivity index (χ3v) is 7.27. The molecule has 10 nitrogen and oxygen atoms in total. The van der Waals surface area contributed by atoms with Gasteiger partial charge in [-0.25, -0.2) is 13.1 Å². The molecule has 0 aliphatic carbocycles. The summed E-state index contributed by atoms with van der Waals surface area (Å²) in [6, 6.07) is 6.38. The highest BCUT2D eigenvalue weighted by atomic mass is 32.2. The second-order valence-electron chi connectivity index (χ2n) is 6.47. The van der Waals surface area contributed by atoms with Crippen LogP contribution in [0.3, 0.4) is 0 Å². The van der Waals surface area contributed by atoms with Crippen molar-refractivity contribution >= 4 is 33.4 Å². The molecule has 12 heteroatoms. The number of amides is 1. The van der Waals surface area contributed by atoms with E-state index in [0.29, 0.717) is 42.8 Å². The second-order valence-corrected chi connectivity index (χ2v) is 9.47. The van der Waals surface area contributed by atoms with E-state index < -0.39 is 10.0 Å². The van der Waals surface area contributed by atoms with Crippen molar-refractivity contribution in [2.45, 2.75) is 16.5 Å². The van der Waals surface area contributed by atoms with Crippen LogP contribution in [0.1, 0.15) is 6.42 Å². The normalized spacial score (nSPS) is 16.2. The van der Waals surface area contributed by atoms with Crippen molar-refractivity contribution in [2.75, 3.05) is 44.3 Å². The molecule has 1 amide bonds. The molecule has 2 aromatic rings. The van der Waals surface area contributed by atoms with Crippen LogP contribution < -0.4 is 5.32 Å². The van der Waals surface area contributed by atoms with Gasteiger partial charge in [0.15, 0.2) is 0 Å². The van der Waals surface area contributed by atoms with Crippen LogP contribution >= 0.6 is 11.8 Å². The molecule has 0 atom stereocenters. The Morgan fingerprint density at radius 2 is 1.96 bits per heavy atom. The maximum atomic E-state index is 12.8. The summed E-state index contributed by atoms with van der Waals surface area (Å²) in [5.74, 6) is 0.316. The Morgan fingerprint density at radius 1 is 1.21 bits per heavy atom. The lowest BCUT2D eigenvalue weighted by Gasteiger charge is -2.31. The summed E-state index contributed by atoms with van der Waals surface area (Å²) in [4.78, 5) is 14.5. The number of aromatic nitrogens is 4. The van der Waals surface area contributed by atoms with Crippen LogP contribution in [0.25, 0.3) is 0 Å². The van der Waals surface area contributed by atoms with E-state index in [0.717, 1.165) is 0 Å². The predicted molar refractivity (Wildman–Crippen MR) is 105 cm³/mol. The first-order chi connectivity index (χ1) is 13.4. The SMILES string of the molecule is CN1CCN(S(=O)(=O)c2cccc(NC(=O)CCSc3nnnn3C)c2)CC1. The molecular weight excluding hydrogens is 402 g/mol. The zero-order valence-electron chi connectivity index (χ0n) is 15.8. The lowest BCUT2D eigenvalue weighted by atomic mass is 10.3. The van der Waals surface area contributed by atoms with E-state index >= 15 is 0 Å². The van der Waals surface area contributed by atoms with Gasteiger partial charge in [-0.1, -0.05) is 17.8 Å². The first kappa shape index (κ1) is 20.7. The molecule has 1 saturated heterocycles. The van der Waals surface area contributed by atoms with Gasteiger partial charge in [-0.05, 0) is 35.7 Å². The van der Waals surface area contributed by atoms with Crippen molar-refractivity contribution in [2.24, 2.45) is 7.05 Å². The van der Waals surface area contributed by atoms with Gasteiger partial charge in [0.1, 0.15) is 0 Å². The van der Waals surface area contributed by atoms with E-state index in [4.69, 9.17) is 0 Å². The second kappa shape index (κ2) is 8.99. The molecule has 1 fully saturated rings. The number of nitrogens with zero attached hydrogens (tertiary/aromatic N) is 6. The summed E-state index contributed by atoms with van der Waals surface area (Å²) in [6.07, 6.45) is 0.257. The van der Waals surface area contributed by atoms with E-state index in [1.54, 1.807) is 25.2 Å². The average molecular weight is 426 g/mol. The molecule has 3 rings (SSSR count). The number of nitrogens with one attached hydrogen (secondary N) is 1. The number of carbonyl (C=O) groups is 1. The molecule has 0 spiro atoms. The molecule has 1 aliphatic rings. The van der Waals surface area contributed by atoms with E-state index in [-0.39, 0.29) is 17.2 Å². The Kier molecular flexibility index (Phi) is 6.65. The number of piperazine rings is 1. The number of sulfonamides is 1. The van der Waals surface area contributed by atoms with Gasteiger partial charge < -0.3 is 10.2 Å². The number of thioether (sulfide) groups is 1. The molecular formula is C16H23N7O3S2. The Balaban J connectivity index is 1.58. The number of carbonyl (C=O) groups excluding carboxylic acids is 1.